The Labute approximate surface area is 105 Å². The van der Waals surface area contributed by atoms with Gasteiger partial charge in [0.15, 0.2) is 0 Å². The van der Waals surface area contributed by atoms with Crippen LogP contribution in [-0.4, -0.2) is 22.5 Å². The molecule has 0 saturated carbocycles. The highest BCUT2D eigenvalue weighted by atomic mass is 16.2. The van der Waals surface area contributed by atoms with E-state index in [9.17, 15) is 4.79 Å². The number of rotatable bonds is 2. The minimum absolute atomic E-state index is 0.115. The maximum absolute atomic E-state index is 11.6. The molecule has 1 heterocycles. The summed E-state index contributed by atoms with van der Waals surface area (Å²) in [5.41, 5.74) is 2.63. The van der Waals surface area contributed by atoms with Gasteiger partial charge in [-0.3, -0.25) is 4.79 Å². The predicted octanol–water partition coefficient (Wildman–Crippen LogP) is 1.76. The van der Waals surface area contributed by atoms with Gasteiger partial charge in [-0.2, -0.15) is 5.26 Å². The Morgan fingerprint density at radius 1 is 1.56 bits per heavy atom. The van der Waals surface area contributed by atoms with Gasteiger partial charge in [-0.05, 0) is 25.1 Å². The molecule has 0 aliphatic carbocycles. The van der Waals surface area contributed by atoms with Crippen LogP contribution < -0.4 is 4.90 Å². The summed E-state index contributed by atoms with van der Waals surface area (Å²) < 4.78 is 2.00. The van der Waals surface area contributed by atoms with E-state index in [0.29, 0.717) is 0 Å². The number of nitrogens with zero attached hydrogens (tertiary/aromatic N) is 4. The van der Waals surface area contributed by atoms with Crippen molar-refractivity contribution in [1.29, 1.82) is 5.26 Å². The Morgan fingerprint density at radius 3 is 2.94 bits per heavy atom. The Bertz CT molecular complexity index is 651. The molecule has 2 rings (SSSR count). The third-order valence-corrected chi connectivity index (χ3v) is 3.08. The SMILES string of the molecule is Cc1nc2cc(N(C)C(=O)CC#N)ccc2n1C. The zero-order valence-corrected chi connectivity index (χ0v) is 10.6. The molecule has 92 valence electrons. The first-order chi connectivity index (χ1) is 8.54. The topological polar surface area (TPSA) is 61.9 Å². The van der Waals surface area contributed by atoms with Gasteiger partial charge >= 0.3 is 0 Å². The lowest BCUT2D eigenvalue weighted by molar-refractivity contribution is -0.117. The fraction of sp³-hybridized carbons (Fsp3) is 0.308. The summed E-state index contributed by atoms with van der Waals surface area (Å²) in [5, 5.41) is 8.53. The third-order valence-electron chi connectivity index (χ3n) is 3.08. The highest BCUT2D eigenvalue weighted by molar-refractivity contribution is 5.95. The van der Waals surface area contributed by atoms with Crippen LogP contribution in [0.1, 0.15) is 12.2 Å². The van der Waals surface area contributed by atoms with Crippen molar-refractivity contribution < 1.29 is 4.79 Å². The summed E-state index contributed by atoms with van der Waals surface area (Å²) >= 11 is 0. The van der Waals surface area contributed by atoms with E-state index in [4.69, 9.17) is 5.26 Å². The molecule has 0 aliphatic heterocycles. The molecular formula is C13H14N4O. The van der Waals surface area contributed by atoms with Crippen molar-refractivity contribution in [3.05, 3.63) is 24.0 Å². The lowest BCUT2D eigenvalue weighted by atomic mass is 10.2. The molecule has 0 N–H and O–H groups in total. The molecule has 0 radical (unpaired) electrons. The zero-order chi connectivity index (χ0) is 13.3. The van der Waals surface area contributed by atoms with Gasteiger partial charge in [0.1, 0.15) is 12.2 Å². The van der Waals surface area contributed by atoms with Crippen LogP contribution in [-0.2, 0) is 11.8 Å². The molecule has 1 aromatic heterocycles. The highest BCUT2D eigenvalue weighted by Crippen LogP contribution is 2.21. The van der Waals surface area contributed by atoms with Gasteiger partial charge in [0.05, 0.1) is 17.1 Å². The van der Waals surface area contributed by atoms with E-state index >= 15 is 0 Å². The fourth-order valence-electron chi connectivity index (χ4n) is 1.85. The Morgan fingerprint density at radius 2 is 2.28 bits per heavy atom. The number of aryl methyl sites for hydroxylation is 2. The quantitative estimate of drug-likeness (QED) is 0.806. The molecule has 0 fully saturated rings. The van der Waals surface area contributed by atoms with Crippen molar-refractivity contribution in [2.45, 2.75) is 13.3 Å². The third kappa shape index (κ3) is 1.93. The maximum atomic E-state index is 11.6. The van der Waals surface area contributed by atoms with Gasteiger partial charge < -0.3 is 9.47 Å². The Kier molecular flexibility index (Phi) is 3.02. The smallest absolute Gasteiger partial charge is 0.240 e. The van der Waals surface area contributed by atoms with Crippen LogP contribution in [0, 0.1) is 18.3 Å². The highest BCUT2D eigenvalue weighted by Gasteiger charge is 2.12. The fourth-order valence-corrected chi connectivity index (χ4v) is 1.85. The second-order valence-electron chi connectivity index (χ2n) is 4.18. The van der Waals surface area contributed by atoms with E-state index < -0.39 is 0 Å². The summed E-state index contributed by atoms with van der Waals surface area (Å²) in [4.78, 5) is 17.5. The molecule has 5 heteroatoms. The van der Waals surface area contributed by atoms with E-state index in [1.807, 2.05) is 42.8 Å². The number of carbonyl (C=O) groups excluding carboxylic acids is 1. The van der Waals surface area contributed by atoms with E-state index in [-0.39, 0.29) is 12.3 Å². The summed E-state index contributed by atoms with van der Waals surface area (Å²) in [6, 6.07) is 7.51. The number of fused-ring (bicyclic) bond motifs is 1. The lowest BCUT2D eigenvalue weighted by Gasteiger charge is -2.15. The van der Waals surface area contributed by atoms with E-state index in [1.165, 1.54) is 4.90 Å². The normalized spacial score (nSPS) is 10.3. The number of nitriles is 1. The Hall–Kier alpha value is -2.35. The molecule has 1 aromatic carbocycles. The number of amides is 1. The predicted molar refractivity (Wildman–Crippen MR) is 69.1 cm³/mol. The van der Waals surface area contributed by atoms with Crippen LogP contribution in [0.5, 0.6) is 0 Å². The van der Waals surface area contributed by atoms with Crippen molar-refractivity contribution in [2.24, 2.45) is 7.05 Å². The molecular weight excluding hydrogens is 228 g/mol. The lowest BCUT2D eigenvalue weighted by Crippen LogP contribution is -2.25. The minimum atomic E-state index is -0.218. The first-order valence-corrected chi connectivity index (χ1v) is 5.61. The van der Waals surface area contributed by atoms with Crippen molar-refractivity contribution in [3.63, 3.8) is 0 Å². The van der Waals surface area contributed by atoms with Crippen molar-refractivity contribution >= 4 is 22.6 Å². The number of aromatic nitrogens is 2. The largest absolute Gasteiger partial charge is 0.331 e. The number of hydrogen-bond donors (Lipinski definition) is 0. The zero-order valence-electron chi connectivity index (χ0n) is 10.6. The molecule has 18 heavy (non-hydrogen) atoms. The van der Waals surface area contributed by atoms with Crippen LogP contribution in [0.2, 0.25) is 0 Å². The Balaban J connectivity index is 2.42. The van der Waals surface area contributed by atoms with Gasteiger partial charge in [0.25, 0.3) is 0 Å². The van der Waals surface area contributed by atoms with Gasteiger partial charge in [-0.1, -0.05) is 0 Å². The van der Waals surface area contributed by atoms with Gasteiger partial charge in [-0.25, -0.2) is 4.98 Å². The van der Waals surface area contributed by atoms with Gasteiger partial charge in [0.2, 0.25) is 5.91 Å². The second kappa shape index (κ2) is 4.49. The summed E-state index contributed by atoms with van der Waals surface area (Å²) in [6.07, 6.45) is -0.115. The minimum Gasteiger partial charge on any atom is -0.331 e. The van der Waals surface area contributed by atoms with E-state index in [0.717, 1.165) is 22.5 Å². The summed E-state index contributed by atoms with van der Waals surface area (Å²) in [6.45, 7) is 1.93. The van der Waals surface area contributed by atoms with Crippen molar-refractivity contribution in [3.8, 4) is 6.07 Å². The number of imidazole rings is 1. The molecule has 0 atom stereocenters. The van der Waals surface area contributed by atoms with Crippen LogP contribution in [0.3, 0.4) is 0 Å². The van der Waals surface area contributed by atoms with Crippen LogP contribution in [0.15, 0.2) is 18.2 Å². The molecule has 2 aromatic rings. The van der Waals surface area contributed by atoms with Crippen LogP contribution in [0.25, 0.3) is 11.0 Å². The monoisotopic (exact) mass is 242 g/mol. The molecule has 0 aliphatic rings. The van der Waals surface area contributed by atoms with Crippen molar-refractivity contribution in [2.75, 3.05) is 11.9 Å². The number of benzene rings is 1. The number of hydrogen-bond acceptors (Lipinski definition) is 3. The molecule has 5 nitrogen and oxygen atoms in total. The average Bonchev–Trinajstić information content (AvgIpc) is 2.64. The standard InChI is InChI=1S/C13H14N4O/c1-9-15-11-8-10(4-5-12(11)16(9)2)17(3)13(18)6-7-14/h4-5,8H,6H2,1-3H3. The first kappa shape index (κ1) is 12.1. The van der Waals surface area contributed by atoms with Gasteiger partial charge in [0, 0.05) is 19.8 Å². The molecule has 0 saturated heterocycles. The van der Waals surface area contributed by atoms with Crippen LogP contribution in [0.4, 0.5) is 5.69 Å². The average molecular weight is 242 g/mol. The maximum Gasteiger partial charge on any atom is 0.240 e. The van der Waals surface area contributed by atoms with Crippen molar-refractivity contribution in [1.82, 2.24) is 9.55 Å². The number of carbonyl (C=O) groups is 1. The second-order valence-corrected chi connectivity index (χ2v) is 4.18. The summed E-state index contributed by atoms with van der Waals surface area (Å²) in [7, 11) is 3.62. The molecule has 0 bridgehead atoms. The van der Waals surface area contributed by atoms with Gasteiger partial charge in [-0.15, -0.1) is 0 Å². The molecule has 1 amide bonds. The van der Waals surface area contributed by atoms with E-state index in [2.05, 4.69) is 4.98 Å². The van der Waals surface area contributed by atoms with E-state index in [1.54, 1.807) is 7.05 Å². The summed E-state index contributed by atoms with van der Waals surface area (Å²) in [5.74, 6) is 0.706. The van der Waals surface area contributed by atoms with Crippen LogP contribution >= 0.6 is 0 Å². The molecule has 0 unspecified atom stereocenters. The number of anilines is 1. The molecule has 0 spiro atoms. The first-order valence-electron chi connectivity index (χ1n) is 5.61.